The first kappa shape index (κ1) is 20.2. The van der Waals surface area contributed by atoms with E-state index in [1.54, 1.807) is 12.4 Å². The molecule has 4 aromatic rings. The summed E-state index contributed by atoms with van der Waals surface area (Å²) in [5.74, 6) is 0.00476. The third-order valence-electron chi connectivity index (χ3n) is 7.17. The highest BCUT2D eigenvalue weighted by atomic mass is 16.2. The monoisotopic (exact) mass is 472 g/mol. The maximum atomic E-state index is 12.1. The van der Waals surface area contributed by atoms with E-state index in [0.29, 0.717) is 6.54 Å². The van der Waals surface area contributed by atoms with Crippen molar-refractivity contribution in [2.24, 2.45) is 0 Å². The summed E-state index contributed by atoms with van der Waals surface area (Å²) >= 11 is 0. The average molecular weight is 473 g/mol. The molecule has 0 unspecified atom stereocenters. The SMILES string of the molecule is O=C1NCCCn2nc3c(c21)CCc1[nH]ncc1-3.O=C1NCCn2nc3c(c21)CCc1[nH]ncc1-3. The van der Waals surface area contributed by atoms with Gasteiger partial charge in [0.2, 0.25) is 0 Å². The van der Waals surface area contributed by atoms with E-state index >= 15 is 0 Å². The Morgan fingerprint density at radius 1 is 0.686 bits per heavy atom. The number of nitrogens with zero attached hydrogens (tertiary/aromatic N) is 6. The maximum Gasteiger partial charge on any atom is 0.269 e. The number of H-pyrrole nitrogens is 2. The summed E-state index contributed by atoms with van der Waals surface area (Å²) in [5, 5.41) is 29.1. The van der Waals surface area contributed by atoms with Gasteiger partial charge in [0.05, 0.1) is 30.3 Å². The minimum absolute atomic E-state index is 0.00283. The minimum Gasteiger partial charge on any atom is -0.351 e. The van der Waals surface area contributed by atoms with Crippen LogP contribution in [0.5, 0.6) is 0 Å². The molecule has 0 radical (unpaired) electrons. The van der Waals surface area contributed by atoms with Gasteiger partial charge in [-0.3, -0.25) is 29.2 Å². The Hall–Kier alpha value is -4.22. The maximum absolute atomic E-state index is 12.1. The molecule has 4 aromatic heterocycles. The second-order valence-electron chi connectivity index (χ2n) is 9.19. The number of aromatic nitrogens is 8. The molecule has 0 saturated heterocycles. The van der Waals surface area contributed by atoms with Gasteiger partial charge < -0.3 is 10.6 Å². The van der Waals surface area contributed by atoms with Gasteiger partial charge >= 0.3 is 0 Å². The normalized spacial score (nSPS) is 17.3. The van der Waals surface area contributed by atoms with Crippen molar-refractivity contribution >= 4 is 11.8 Å². The number of fused-ring (bicyclic) bond motifs is 10. The Labute approximate surface area is 199 Å². The molecule has 0 aromatic carbocycles. The number of aryl methyl sites for hydroxylation is 3. The molecule has 12 nitrogen and oxygen atoms in total. The standard InChI is InChI=1S/C12H13N5O.C11H11N5O/c18-12-11-7-2-3-9-8(6-14-15-9)10(7)16-17(11)5-1-4-13-12;17-11-10-6-1-2-8-7(5-13-14-8)9(6)15-16(10)4-3-12-11/h6H,1-5H2,(H,13,18)(H,14,15);5H,1-4H2,(H,12,17)(H,13,14). The van der Waals surface area contributed by atoms with Crippen LogP contribution in [0.4, 0.5) is 0 Å². The Kier molecular flexibility index (Phi) is 4.41. The average Bonchev–Trinajstić information content (AvgIpc) is 3.63. The molecule has 4 N–H and O–H groups in total. The molecular weight excluding hydrogens is 448 g/mol. The molecule has 0 saturated carbocycles. The molecule has 4 aliphatic rings. The summed E-state index contributed by atoms with van der Waals surface area (Å²) in [7, 11) is 0. The molecular formula is C23H24N10O2. The lowest BCUT2D eigenvalue weighted by molar-refractivity contribution is 0.0921. The van der Waals surface area contributed by atoms with E-state index in [0.717, 1.165) is 108 Å². The predicted octanol–water partition coefficient (Wildman–Crippen LogP) is 0.620. The quantitative estimate of drug-likeness (QED) is 0.295. The first-order valence-corrected chi connectivity index (χ1v) is 12.0. The first-order chi connectivity index (χ1) is 17.2. The van der Waals surface area contributed by atoms with Crippen molar-refractivity contribution < 1.29 is 9.59 Å². The summed E-state index contributed by atoms with van der Waals surface area (Å²) in [6.07, 6.45) is 8.03. The minimum atomic E-state index is -0.00283. The lowest BCUT2D eigenvalue weighted by Crippen LogP contribution is -2.36. The summed E-state index contributed by atoms with van der Waals surface area (Å²) in [6, 6.07) is 0. The number of hydrogen-bond acceptors (Lipinski definition) is 6. The van der Waals surface area contributed by atoms with Crippen molar-refractivity contribution in [2.45, 2.75) is 45.2 Å². The van der Waals surface area contributed by atoms with Crippen molar-refractivity contribution in [1.82, 2.24) is 50.6 Å². The van der Waals surface area contributed by atoms with Crippen LogP contribution in [0.1, 0.15) is 49.9 Å². The van der Waals surface area contributed by atoms with E-state index < -0.39 is 0 Å². The van der Waals surface area contributed by atoms with Crippen LogP contribution in [0.15, 0.2) is 12.4 Å². The van der Waals surface area contributed by atoms with Crippen molar-refractivity contribution in [3.8, 4) is 22.5 Å². The van der Waals surface area contributed by atoms with Gasteiger partial charge in [0.15, 0.2) is 0 Å². The molecule has 178 valence electrons. The molecule has 0 fully saturated rings. The summed E-state index contributed by atoms with van der Waals surface area (Å²) in [5.41, 5.74) is 9.80. The highest BCUT2D eigenvalue weighted by Gasteiger charge is 2.31. The van der Waals surface area contributed by atoms with Gasteiger partial charge in [-0.15, -0.1) is 0 Å². The third kappa shape index (κ3) is 3.05. The Morgan fingerprint density at radius 3 is 1.83 bits per heavy atom. The molecule has 12 heteroatoms. The molecule has 8 rings (SSSR count). The number of amides is 2. The molecule has 2 aliphatic heterocycles. The topological polar surface area (TPSA) is 151 Å². The van der Waals surface area contributed by atoms with E-state index in [9.17, 15) is 9.59 Å². The summed E-state index contributed by atoms with van der Waals surface area (Å²) < 4.78 is 3.68. The van der Waals surface area contributed by atoms with Crippen LogP contribution >= 0.6 is 0 Å². The Balaban J connectivity index is 0.000000120. The van der Waals surface area contributed by atoms with E-state index in [2.05, 4.69) is 41.2 Å². The molecule has 2 amide bonds. The lowest BCUT2D eigenvalue weighted by Gasteiger charge is -2.16. The first-order valence-electron chi connectivity index (χ1n) is 12.0. The second kappa shape index (κ2) is 7.65. The van der Waals surface area contributed by atoms with Crippen LogP contribution < -0.4 is 10.6 Å². The van der Waals surface area contributed by atoms with Crippen LogP contribution in [0.3, 0.4) is 0 Å². The zero-order valence-electron chi connectivity index (χ0n) is 19.0. The summed E-state index contributed by atoms with van der Waals surface area (Å²) in [6.45, 7) is 2.94. The zero-order chi connectivity index (χ0) is 23.5. The van der Waals surface area contributed by atoms with Gasteiger partial charge in [-0.2, -0.15) is 20.4 Å². The second-order valence-corrected chi connectivity index (χ2v) is 9.19. The fourth-order valence-corrected chi connectivity index (χ4v) is 5.53. The van der Waals surface area contributed by atoms with Crippen LogP contribution in [-0.2, 0) is 38.8 Å². The van der Waals surface area contributed by atoms with Crippen LogP contribution in [0.2, 0.25) is 0 Å². The van der Waals surface area contributed by atoms with Crippen molar-refractivity contribution in [1.29, 1.82) is 0 Å². The molecule has 6 heterocycles. The fourth-order valence-electron chi connectivity index (χ4n) is 5.53. The van der Waals surface area contributed by atoms with Gasteiger partial charge in [-0.05, 0) is 32.1 Å². The molecule has 0 bridgehead atoms. The smallest absolute Gasteiger partial charge is 0.269 e. The van der Waals surface area contributed by atoms with E-state index in [4.69, 9.17) is 0 Å². The molecule has 2 aliphatic carbocycles. The molecule has 35 heavy (non-hydrogen) atoms. The molecule has 0 spiro atoms. The number of nitrogens with one attached hydrogen (secondary N) is 4. The van der Waals surface area contributed by atoms with Crippen molar-refractivity contribution in [3.63, 3.8) is 0 Å². The van der Waals surface area contributed by atoms with Gasteiger partial charge in [0.1, 0.15) is 11.4 Å². The molecule has 0 atom stereocenters. The fraction of sp³-hybridized carbons (Fsp3) is 0.391. The summed E-state index contributed by atoms with van der Waals surface area (Å²) in [4.78, 5) is 24.0. The van der Waals surface area contributed by atoms with Crippen LogP contribution in [0, 0.1) is 0 Å². The van der Waals surface area contributed by atoms with Crippen LogP contribution in [0.25, 0.3) is 22.5 Å². The van der Waals surface area contributed by atoms with Gasteiger partial charge in [0, 0.05) is 53.3 Å². The number of carbonyl (C=O) groups excluding carboxylic acids is 2. The lowest BCUT2D eigenvalue weighted by atomic mass is 9.94. The van der Waals surface area contributed by atoms with E-state index in [-0.39, 0.29) is 11.8 Å². The zero-order valence-corrected chi connectivity index (χ0v) is 19.0. The van der Waals surface area contributed by atoms with Crippen LogP contribution in [-0.4, -0.2) is 64.9 Å². The number of carbonyl (C=O) groups is 2. The van der Waals surface area contributed by atoms with Crippen molar-refractivity contribution in [3.05, 3.63) is 46.3 Å². The third-order valence-corrected chi connectivity index (χ3v) is 7.17. The van der Waals surface area contributed by atoms with Gasteiger partial charge in [-0.25, -0.2) is 0 Å². The number of aromatic amines is 2. The number of hydrogen-bond donors (Lipinski definition) is 4. The largest absolute Gasteiger partial charge is 0.351 e. The number of rotatable bonds is 0. The Morgan fingerprint density at radius 2 is 1.23 bits per heavy atom. The van der Waals surface area contributed by atoms with E-state index in [1.807, 2.05) is 9.36 Å². The van der Waals surface area contributed by atoms with Gasteiger partial charge in [0.25, 0.3) is 11.8 Å². The highest BCUT2D eigenvalue weighted by Crippen LogP contribution is 2.35. The van der Waals surface area contributed by atoms with Crippen molar-refractivity contribution in [2.75, 3.05) is 13.1 Å². The predicted molar refractivity (Wildman–Crippen MR) is 124 cm³/mol. The van der Waals surface area contributed by atoms with Gasteiger partial charge in [-0.1, -0.05) is 0 Å². The Bertz CT molecular complexity index is 1490. The highest BCUT2D eigenvalue weighted by molar-refractivity contribution is 5.97. The van der Waals surface area contributed by atoms with E-state index in [1.165, 1.54) is 0 Å².